The van der Waals surface area contributed by atoms with Crippen molar-refractivity contribution in [2.45, 2.75) is 25.9 Å². The minimum Gasteiger partial charge on any atom is -0.497 e. The van der Waals surface area contributed by atoms with Gasteiger partial charge in [0.25, 0.3) is 0 Å². The van der Waals surface area contributed by atoms with E-state index in [0.717, 1.165) is 18.8 Å². The molecule has 0 aliphatic rings. The molecule has 1 rings (SSSR count). The van der Waals surface area contributed by atoms with E-state index in [4.69, 9.17) is 10.5 Å². The van der Waals surface area contributed by atoms with Gasteiger partial charge in [0.1, 0.15) is 5.75 Å². The van der Waals surface area contributed by atoms with Crippen molar-refractivity contribution in [3.63, 3.8) is 0 Å². The molecule has 2 N–H and O–H groups in total. The average molecular weight is 222 g/mol. The van der Waals surface area contributed by atoms with Gasteiger partial charge < -0.3 is 15.4 Å². The number of hydrogen-bond donors (Lipinski definition) is 1. The standard InChI is InChI=1S/C13H22N2O/c1-13(2,14)10-15(3)9-11-5-7-12(16-4)8-6-11/h5-8H,9-10,14H2,1-4H3. The molecule has 0 atom stereocenters. The quantitative estimate of drug-likeness (QED) is 0.826. The Kier molecular flexibility index (Phi) is 4.33. The molecule has 1 aromatic carbocycles. The second kappa shape index (κ2) is 5.32. The number of rotatable bonds is 5. The van der Waals surface area contributed by atoms with Crippen LogP contribution in [0.5, 0.6) is 5.75 Å². The first-order chi connectivity index (χ1) is 7.40. The third kappa shape index (κ3) is 4.64. The Morgan fingerprint density at radius 3 is 2.25 bits per heavy atom. The average Bonchev–Trinajstić information content (AvgIpc) is 2.16. The fourth-order valence-electron chi connectivity index (χ4n) is 1.79. The second-order valence-corrected chi connectivity index (χ2v) is 5.01. The smallest absolute Gasteiger partial charge is 0.118 e. The second-order valence-electron chi connectivity index (χ2n) is 5.01. The van der Waals surface area contributed by atoms with Gasteiger partial charge in [-0.15, -0.1) is 0 Å². The Bertz CT molecular complexity index is 314. The Morgan fingerprint density at radius 2 is 1.81 bits per heavy atom. The Hall–Kier alpha value is -1.06. The van der Waals surface area contributed by atoms with Crippen molar-refractivity contribution in [3.05, 3.63) is 29.8 Å². The molecule has 16 heavy (non-hydrogen) atoms. The van der Waals surface area contributed by atoms with E-state index in [2.05, 4.69) is 24.1 Å². The number of hydrogen-bond acceptors (Lipinski definition) is 3. The van der Waals surface area contributed by atoms with Gasteiger partial charge >= 0.3 is 0 Å². The Morgan fingerprint density at radius 1 is 1.25 bits per heavy atom. The van der Waals surface area contributed by atoms with Crippen LogP contribution in [0.15, 0.2) is 24.3 Å². The summed E-state index contributed by atoms with van der Waals surface area (Å²) < 4.78 is 5.12. The van der Waals surface area contributed by atoms with Crippen molar-refractivity contribution in [1.29, 1.82) is 0 Å². The van der Waals surface area contributed by atoms with Crippen molar-refractivity contribution >= 4 is 0 Å². The number of nitrogens with zero attached hydrogens (tertiary/aromatic N) is 1. The summed E-state index contributed by atoms with van der Waals surface area (Å²) in [6, 6.07) is 8.13. The van der Waals surface area contributed by atoms with Crippen LogP contribution in [-0.4, -0.2) is 31.1 Å². The van der Waals surface area contributed by atoms with Crippen LogP contribution in [0.1, 0.15) is 19.4 Å². The lowest BCUT2D eigenvalue weighted by molar-refractivity contribution is 0.263. The first kappa shape index (κ1) is 13.0. The van der Waals surface area contributed by atoms with E-state index in [9.17, 15) is 0 Å². The third-order valence-electron chi connectivity index (χ3n) is 2.29. The lowest BCUT2D eigenvalue weighted by Gasteiger charge is -2.26. The predicted molar refractivity (Wildman–Crippen MR) is 67.6 cm³/mol. The summed E-state index contributed by atoms with van der Waals surface area (Å²) >= 11 is 0. The van der Waals surface area contributed by atoms with Gasteiger partial charge in [-0.05, 0) is 38.6 Å². The molecule has 0 saturated carbocycles. The maximum atomic E-state index is 5.97. The zero-order valence-corrected chi connectivity index (χ0v) is 10.7. The van der Waals surface area contributed by atoms with Crippen molar-refractivity contribution in [2.24, 2.45) is 5.73 Å². The zero-order chi connectivity index (χ0) is 12.2. The summed E-state index contributed by atoms with van der Waals surface area (Å²) in [5, 5.41) is 0. The number of methoxy groups -OCH3 is 1. The monoisotopic (exact) mass is 222 g/mol. The first-order valence-corrected chi connectivity index (χ1v) is 5.51. The molecular formula is C13H22N2O. The highest BCUT2D eigenvalue weighted by atomic mass is 16.5. The molecule has 0 unspecified atom stereocenters. The Labute approximate surface area is 98.2 Å². The van der Waals surface area contributed by atoms with Gasteiger partial charge in [-0.2, -0.15) is 0 Å². The molecule has 3 heteroatoms. The Balaban J connectivity index is 2.53. The summed E-state index contributed by atoms with van der Waals surface area (Å²) in [5.74, 6) is 0.894. The summed E-state index contributed by atoms with van der Waals surface area (Å²) in [7, 11) is 3.76. The van der Waals surface area contributed by atoms with Crippen LogP contribution in [0.2, 0.25) is 0 Å². The van der Waals surface area contributed by atoms with Gasteiger partial charge in [-0.25, -0.2) is 0 Å². The molecule has 0 spiro atoms. The van der Waals surface area contributed by atoms with E-state index in [1.54, 1.807) is 7.11 Å². The molecule has 0 radical (unpaired) electrons. The number of likely N-dealkylation sites (N-methyl/N-ethyl adjacent to an activating group) is 1. The third-order valence-corrected chi connectivity index (χ3v) is 2.29. The van der Waals surface area contributed by atoms with Crippen LogP contribution in [0.4, 0.5) is 0 Å². The zero-order valence-electron chi connectivity index (χ0n) is 10.7. The summed E-state index contributed by atoms with van der Waals surface area (Å²) in [6.07, 6.45) is 0. The molecule has 0 amide bonds. The van der Waals surface area contributed by atoms with Gasteiger partial charge in [0, 0.05) is 18.6 Å². The molecule has 0 heterocycles. The van der Waals surface area contributed by atoms with Gasteiger partial charge in [0.2, 0.25) is 0 Å². The van der Waals surface area contributed by atoms with E-state index in [1.807, 2.05) is 26.0 Å². The minimum absolute atomic E-state index is 0.152. The largest absolute Gasteiger partial charge is 0.497 e. The SMILES string of the molecule is COc1ccc(CN(C)CC(C)(C)N)cc1. The lowest BCUT2D eigenvalue weighted by atomic mass is 10.1. The molecule has 0 aliphatic carbocycles. The molecule has 0 aliphatic heterocycles. The van der Waals surface area contributed by atoms with Crippen LogP contribution in [0.3, 0.4) is 0 Å². The molecule has 0 fully saturated rings. The van der Waals surface area contributed by atoms with Gasteiger partial charge in [0.05, 0.1) is 7.11 Å². The fourth-order valence-corrected chi connectivity index (χ4v) is 1.79. The number of benzene rings is 1. The van der Waals surface area contributed by atoms with Crippen molar-refractivity contribution in [1.82, 2.24) is 4.90 Å². The van der Waals surface area contributed by atoms with Crippen LogP contribution in [-0.2, 0) is 6.54 Å². The summed E-state index contributed by atoms with van der Waals surface area (Å²) in [4.78, 5) is 2.22. The number of nitrogens with two attached hydrogens (primary N) is 1. The molecule has 0 bridgehead atoms. The predicted octanol–water partition coefficient (Wildman–Crippen LogP) is 1.86. The minimum atomic E-state index is -0.152. The maximum Gasteiger partial charge on any atom is 0.118 e. The van der Waals surface area contributed by atoms with Gasteiger partial charge in [-0.3, -0.25) is 0 Å². The van der Waals surface area contributed by atoms with E-state index in [0.29, 0.717) is 0 Å². The highest BCUT2D eigenvalue weighted by Crippen LogP contribution is 2.13. The van der Waals surface area contributed by atoms with Crippen LogP contribution < -0.4 is 10.5 Å². The van der Waals surface area contributed by atoms with Crippen LogP contribution >= 0.6 is 0 Å². The topological polar surface area (TPSA) is 38.5 Å². The molecular weight excluding hydrogens is 200 g/mol. The molecule has 3 nitrogen and oxygen atoms in total. The summed E-state index contributed by atoms with van der Waals surface area (Å²) in [6.45, 7) is 5.86. The van der Waals surface area contributed by atoms with E-state index < -0.39 is 0 Å². The van der Waals surface area contributed by atoms with E-state index in [-0.39, 0.29) is 5.54 Å². The molecule has 0 aromatic heterocycles. The first-order valence-electron chi connectivity index (χ1n) is 5.51. The molecule has 90 valence electrons. The highest BCUT2D eigenvalue weighted by molar-refractivity contribution is 5.27. The lowest BCUT2D eigenvalue weighted by Crippen LogP contribution is -2.43. The molecule has 0 saturated heterocycles. The highest BCUT2D eigenvalue weighted by Gasteiger charge is 2.13. The normalized spacial score (nSPS) is 11.9. The van der Waals surface area contributed by atoms with Crippen molar-refractivity contribution in [2.75, 3.05) is 20.7 Å². The molecule has 1 aromatic rings. The number of ether oxygens (including phenoxy) is 1. The van der Waals surface area contributed by atoms with E-state index >= 15 is 0 Å². The van der Waals surface area contributed by atoms with Crippen LogP contribution in [0.25, 0.3) is 0 Å². The van der Waals surface area contributed by atoms with Crippen LogP contribution in [0, 0.1) is 0 Å². The van der Waals surface area contributed by atoms with E-state index in [1.165, 1.54) is 5.56 Å². The summed E-state index contributed by atoms with van der Waals surface area (Å²) in [5.41, 5.74) is 7.09. The van der Waals surface area contributed by atoms with Crippen molar-refractivity contribution < 1.29 is 4.74 Å². The van der Waals surface area contributed by atoms with Gasteiger partial charge in [0.15, 0.2) is 0 Å². The van der Waals surface area contributed by atoms with Gasteiger partial charge in [-0.1, -0.05) is 12.1 Å². The fraction of sp³-hybridized carbons (Fsp3) is 0.538. The maximum absolute atomic E-state index is 5.97. The van der Waals surface area contributed by atoms with Crippen molar-refractivity contribution in [3.8, 4) is 5.75 Å².